The van der Waals surface area contributed by atoms with Crippen LogP contribution in [-0.2, 0) is 0 Å². The molecule has 0 saturated heterocycles. The molecule has 2 heterocycles. The van der Waals surface area contributed by atoms with Crippen LogP contribution in [0.2, 0.25) is 0 Å². The van der Waals surface area contributed by atoms with Crippen LogP contribution in [0.25, 0.3) is 28.0 Å². The molecule has 0 bridgehead atoms. The number of nitrogens with zero attached hydrogens (tertiary/aromatic N) is 3. The minimum Gasteiger partial charge on any atom is -0.496 e. The summed E-state index contributed by atoms with van der Waals surface area (Å²) in [4.78, 5) is 4.92. The fourth-order valence-corrected chi connectivity index (χ4v) is 3.19. The third-order valence-electron chi connectivity index (χ3n) is 4.39. The van der Waals surface area contributed by atoms with Gasteiger partial charge < -0.3 is 4.74 Å². The molecule has 4 rings (SSSR count). The molecule has 124 valence electrons. The van der Waals surface area contributed by atoms with E-state index in [2.05, 4.69) is 31.2 Å². The molecule has 0 aliphatic rings. The highest BCUT2D eigenvalue weighted by atomic mass is 16.5. The lowest BCUT2D eigenvalue weighted by molar-refractivity contribution is 0.416. The van der Waals surface area contributed by atoms with E-state index in [1.165, 1.54) is 0 Å². The Hall–Kier alpha value is -3.14. The number of hydrogen-bond acceptors (Lipinski definition) is 3. The van der Waals surface area contributed by atoms with Gasteiger partial charge in [-0.25, -0.2) is 9.50 Å². The van der Waals surface area contributed by atoms with Crippen LogP contribution in [0.5, 0.6) is 5.75 Å². The predicted molar refractivity (Wildman–Crippen MR) is 99.9 cm³/mol. The van der Waals surface area contributed by atoms with Crippen molar-refractivity contribution in [1.82, 2.24) is 14.6 Å². The van der Waals surface area contributed by atoms with Crippen molar-refractivity contribution >= 4 is 5.65 Å². The Bertz CT molecular complexity index is 1050. The topological polar surface area (TPSA) is 39.4 Å². The fraction of sp³-hybridized carbons (Fsp3) is 0.143. The van der Waals surface area contributed by atoms with Gasteiger partial charge in [0.05, 0.1) is 24.1 Å². The van der Waals surface area contributed by atoms with Gasteiger partial charge in [-0.3, -0.25) is 0 Å². The van der Waals surface area contributed by atoms with Gasteiger partial charge in [-0.1, -0.05) is 48.5 Å². The molecule has 2 aromatic heterocycles. The van der Waals surface area contributed by atoms with Crippen molar-refractivity contribution in [2.24, 2.45) is 0 Å². The molecule has 0 aliphatic carbocycles. The molecule has 4 aromatic rings. The number of hydrogen-bond donors (Lipinski definition) is 0. The fourth-order valence-electron chi connectivity index (χ4n) is 3.19. The smallest absolute Gasteiger partial charge is 0.164 e. The van der Waals surface area contributed by atoms with Gasteiger partial charge in [0.15, 0.2) is 5.65 Å². The first-order valence-electron chi connectivity index (χ1n) is 8.25. The quantitative estimate of drug-likeness (QED) is 0.547. The van der Waals surface area contributed by atoms with Crippen molar-refractivity contribution in [3.05, 3.63) is 72.1 Å². The molecular formula is C21H19N3O. The lowest BCUT2D eigenvalue weighted by Crippen LogP contribution is -1.98. The van der Waals surface area contributed by atoms with Gasteiger partial charge in [0.1, 0.15) is 5.75 Å². The lowest BCUT2D eigenvalue weighted by atomic mass is 10.0. The molecule has 25 heavy (non-hydrogen) atoms. The molecule has 0 unspecified atom stereocenters. The summed E-state index contributed by atoms with van der Waals surface area (Å²) in [5.41, 5.74) is 6.90. The molecule has 0 N–H and O–H groups in total. The number of ether oxygens (including phenoxy) is 1. The van der Waals surface area contributed by atoms with E-state index in [4.69, 9.17) is 14.8 Å². The van der Waals surface area contributed by atoms with E-state index >= 15 is 0 Å². The number of para-hydroxylation sites is 1. The summed E-state index contributed by atoms with van der Waals surface area (Å²) in [5, 5.41) is 4.70. The van der Waals surface area contributed by atoms with Crippen molar-refractivity contribution in [3.63, 3.8) is 0 Å². The third kappa shape index (κ3) is 2.56. The SMILES string of the molecule is COc1ccccc1-c1c(C)nn2c(C)cc(-c3ccccc3)nc12. The maximum Gasteiger partial charge on any atom is 0.164 e. The Morgan fingerprint density at radius 2 is 1.64 bits per heavy atom. The summed E-state index contributed by atoms with van der Waals surface area (Å²) >= 11 is 0. The Balaban J connectivity index is 2.02. The van der Waals surface area contributed by atoms with E-state index in [1.54, 1.807) is 7.11 Å². The van der Waals surface area contributed by atoms with Crippen LogP contribution in [0.1, 0.15) is 11.4 Å². The Morgan fingerprint density at radius 1 is 0.920 bits per heavy atom. The van der Waals surface area contributed by atoms with Gasteiger partial charge in [0.2, 0.25) is 0 Å². The molecule has 0 saturated carbocycles. The number of aromatic nitrogens is 3. The normalized spacial score (nSPS) is 11.0. The molecular weight excluding hydrogens is 310 g/mol. The van der Waals surface area contributed by atoms with E-state index in [9.17, 15) is 0 Å². The number of fused-ring (bicyclic) bond motifs is 1. The van der Waals surface area contributed by atoms with Crippen LogP contribution in [0, 0.1) is 13.8 Å². The first-order chi connectivity index (χ1) is 12.2. The van der Waals surface area contributed by atoms with Crippen LogP contribution in [-0.4, -0.2) is 21.7 Å². The van der Waals surface area contributed by atoms with E-state index in [-0.39, 0.29) is 0 Å². The Labute approximate surface area is 146 Å². The van der Waals surface area contributed by atoms with Crippen LogP contribution in [0.15, 0.2) is 60.7 Å². The van der Waals surface area contributed by atoms with Gasteiger partial charge in [-0.05, 0) is 26.0 Å². The van der Waals surface area contributed by atoms with Gasteiger partial charge in [0.25, 0.3) is 0 Å². The second-order valence-electron chi connectivity index (χ2n) is 6.04. The van der Waals surface area contributed by atoms with Crippen molar-refractivity contribution in [2.75, 3.05) is 7.11 Å². The van der Waals surface area contributed by atoms with E-state index in [1.807, 2.05) is 47.8 Å². The van der Waals surface area contributed by atoms with Gasteiger partial charge in [-0.15, -0.1) is 0 Å². The highest BCUT2D eigenvalue weighted by molar-refractivity contribution is 5.84. The van der Waals surface area contributed by atoms with Crippen LogP contribution >= 0.6 is 0 Å². The maximum atomic E-state index is 5.55. The molecule has 0 fully saturated rings. The second-order valence-corrected chi connectivity index (χ2v) is 6.04. The molecule has 0 atom stereocenters. The zero-order valence-corrected chi connectivity index (χ0v) is 14.5. The molecule has 0 spiro atoms. The summed E-state index contributed by atoms with van der Waals surface area (Å²) < 4.78 is 7.46. The van der Waals surface area contributed by atoms with Crippen molar-refractivity contribution < 1.29 is 4.74 Å². The van der Waals surface area contributed by atoms with Gasteiger partial charge in [0, 0.05) is 16.8 Å². The minimum absolute atomic E-state index is 0.824. The molecule has 4 nitrogen and oxygen atoms in total. The number of aryl methyl sites for hydroxylation is 2. The predicted octanol–water partition coefficient (Wildman–Crippen LogP) is 4.69. The maximum absolute atomic E-state index is 5.55. The standard InChI is InChI=1S/C21H19N3O/c1-14-13-18(16-9-5-4-6-10-16)22-21-20(15(2)23-24(14)21)17-11-7-8-12-19(17)25-3/h4-13H,1-3H3. The Morgan fingerprint density at radius 3 is 2.40 bits per heavy atom. The van der Waals surface area contributed by atoms with Crippen molar-refractivity contribution in [2.45, 2.75) is 13.8 Å². The average Bonchev–Trinajstić information content (AvgIpc) is 2.99. The van der Waals surface area contributed by atoms with E-state index in [0.29, 0.717) is 0 Å². The van der Waals surface area contributed by atoms with Crippen LogP contribution in [0.4, 0.5) is 0 Å². The second kappa shape index (κ2) is 6.06. The van der Waals surface area contributed by atoms with Gasteiger partial charge >= 0.3 is 0 Å². The lowest BCUT2D eigenvalue weighted by Gasteiger charge is -2.09. The number of benzene rings is 2. The van der Waals surface area contributed by atoms with Gasteiger partial charge in [-0.2, -0.15) is 5.10 Å². The summed E-state index contributed by atoms with van der Waals surface area (Å²) in [6.07, 6.45) is 0. The number of rotatable bonds is 3. The number of methoxy groups -OCH3 is 1. The molecule has 0 amide bonds. The summed E-state index contributed by atoms with van der Waals surface area (Å²) in [5.74, 6) is 0.824. The van der Waals surface area contributed by atoms with Crippen molar-refractivity contribution in [3.8, 4) is 28.1 Å². The first kappa shape index (κ1) is 15.4. The van der Waals surface area contributed by atoms with Crippen LogP contribution in [0.3, 0.4) is 0 Å². The highest BCUT2D eigenvalue weighted by Crippen LogP contribution is 2.35. The summed E-state index contributed by atoms with van der Waals surface area (Å²) in [6.45, 7) is 4.07. The van der Waals surface area contributed by atoms with Crippen LogP contribution < -0.4 is 4.74 Å². The molecule has 0 radical (unpaired) electrons. The van der Waals surface area contributed by atoms with E-state index in [0.717, 1.165) is 45.2 Å². The summed E-state index contributed by atoms with van der Waals surface area (Å²) in [7, 11) is 1.69. The third-order valence-corrected chi connectivity index (χ3v) is 4.39. The summed E-state index contributed by atoms with van der Waals surface area (Å²) in [6, 6.07) is 20.3. The van der Waals surface area contributed by atoms with Crippen molar-refractivity contribution in [1.29, 1.82) is 0 Å². The first-order valence-corrected chi connectivity index (χ1v) is 8.25. The molecule has 0 aliphatic heterocycles. The highest BCUT2D eigenvalue weighted by Gasteiger charge is 2.18. The zero-order chi connectivity index (χ0) is 17.4. The van der Waals surface area contributed by atoms with E-state index < -0.39 is 0 Å². The monoisotopic (exact) mass is 329 g/mol. The zero-order valence-electron chi connectivity index (χ0n) is 14.5. The Kier molecular flexibility index (Phi) is 3.73. The largest absolute Gasteiger partial charge is 0.496 e. The minimum atomic E-state index is 0.824. The average molecular weight is 329 g/mol. The molecule has 2 aromatic carbocycles. The molecule has 4 heteroatoms.